The fraction of sp³-hybridized carbons (Fsp3) is 0.350. The van der Waals surface area contributed by atoms with Crippen LogP contribution in [0.5, 0.6) is 17.4 Å². The van der Waals surface area contributed by atoms with Crippen molar-refractivity contribution in [3.63, 3.8) is 0 Å². The molecule has 1 aliphatic heterocycles. The molecule has 148 valence electrons. The van der Waals surface area contributed by atoms with Crippen LogP contribution < -0.4 is 20.1 Å². The summed E-state index contributed by atoms with van der Waals surface area (Å²) < 4.78 is 11.0. The zero-order valence-corrected chi connectivity index (χ0v) is 16.0. The second-order valence-corrected chi connectivity index (χ2v) is 6.33. The lowest BCUT2D eigenvalue weighted by Crippen LogP contribution is -2.56. The molecule has 0 saturated carbocycles. The predicted octanol–water partition coefficient (Wildman–Crippen LogP) is 2.03. The number of anilines is 1. The third kappa shape index (κ3) is 4.77. The van der Waals surface area contributed by atoms with Gasteiger partial charge in [0.05, 0.1) is 31.5 Å². The first-order valence-corrected chi connectivity index (χ1v) is 9.19. The molecule has 0 spiro atoms. The third-order valence-electron chi connectivity index (χ3n) is 4.53. The van der Waals surface area contributed by atoms with E-state index >= 15 is 0 Å². The van der Waals surface area contributed by atoms with Crippen molar-refractivity contribution in [2.45, 2.75) is 19.4 Å². The van der Waals surface area contributed by atoms with Gasteiger partial charge in [-0.25, -0.2) is 4.98 Å². The standard InChI is InChI=1S/C20H24N4O4/c1-3-24-11-10-21-20(26)15(24)12-18(25)23-14-8-9-19(22-13-14)28-17-7-5-4-6-16(17)27-2/h4-9,13,15H,3,10-12H2,1-2H3,(H,21,26)(H,23,25). The van der Waals surface area contributed by atoms with Gasteiger partial charge in [0.1, 0.15) is 0 Å². The van der Waals surface area contributed by atoms with Crippen molar-refractivity contribution in [2.24, 2.45) is 0 Å². The summed E-state index contributed by atoms with van der Waals surface area (Å²) in [5, 5.41) is 5.59. The highest BCUT2D eigenvalue weighted by molar-refractivity contribution is 5.95. The number of methoxy groups -OCH3 is 1. The van der Waals surface area contributed by atoms with E-state index in [1.807, 2.05) is 24.0 Å². The Bertz CT molecular complexity index is 825. The molecule has 2 aromatic rings. The highest BCUT2D eigenvalue weighted by Gasteiger charge is 2.30. The van der Waals surface area contributed by atoms with E-state index in [-0.39, 0.29) is 18.2 Å². The lowest BCUT2D eigenvalue weighted by Gasteiger charge is -2.33. The fourth-order valence-electron chi connectivity index (χ4n) is 3.08. The summed E-state index contributed by atoms with van der Waals surface area (Å²) in [5.74, 6) is 1.19. The van der Waals surface area contributed by atoms with E-state index in [1.54, 1.807) is 31.4 Å². The Hall–Kier alpha value is -3.13. The molecule has 0 radical (unpaired) electrons. The number of nitrogens with one attached hydrogen (secondary N) is 2. The predicted molar refractivity (Wildman–Crippen MR) is 105 cm³/mol. The third-order valence-corrected chi connectivity index (χ3v) is 4.53. The van der Waals surface area contributed by atoms with Gasteiger partial charge in [-0.3, -0.25) is 14.5 Å². The van der Waals surface area contributed by atoms with Gasteiger partial charge in [-0.15, -0.1) is 0 Å². The number of piperazine rings is 1. The van der Waals surface area contributed by atoms with Crippen LogP contribution in [0.2, 0.25) is 0 Å². The second-order valence-electron chi connectivity index (χ2n) is 6.33. The van der Waals surface area contributed by atoms with E-state index in [0.717, 1.165) is 13.1 Å². The minimum Gasteiger partial charge on any atom is -0.493 e. The van der Waals surface area contributed by atoms with Crippen molar-refractivity contribution in [3.05, 3.63) is 42.6 Å². The summed E-state index contributed by atoms with van der Waals surface area (Å²) in [7, 11) is 1.57. The van der Waals surface area contributed by atoms with E-state index < -0.39 is 6.04 Å². The first-order chi connectivity index (χ1) is 13.6. The topological polar surface area (TPSA) is 92.8 Å². The van der Waals surface area contributed by atoms with E-state index in [0.29, 0.717) is 29.6 Å². The molecule has 1 aromatic carbocycles. The molecule has 1 unspecified atom stereocenters. The zero-order chi connectivity index (χ0) is 19.9. The Morgan fingerprint density at radius 3 is 2.75 bits per heavy atom. The molecule has 1 aromatic heterocycles. The number of aromatic nitrogens is 1. The summed E-state index contributed by atoms with van der Waals surface area (Å²) in [6.45, 7) is 4.06. The summed E-state index contributed by atoms with van der Waals surface area (Å²) in [6, 6.07) is 10.2. The minimum absolute atomic E-state index is 0.0964. The smallest absolute Gasteiger partial charge is 0.237 e. The normalized spacial score (nSPS) is 16.9. The van der Waals surface area contributed by atoms with Crippen LogP contribution in [0.4, 0.5) is 5.69 Å². The van der Waals surface area contributed by atoms with Crippen LogP contribution >= 0.6 is 0 Å². The van der Waals surface area contributed by atoms with Gasteiger partial charge >= 0.3 is 0 Å². The number of rotatable bonds is 7. The number of para-hydroxylation sites is 2. The number of likely N-dealkylation sites (N-methyl/N-ethyl adjacent to an activating group) is 1. The summed E-state index contributed by atoms with van der Waals surface area (Å²) in [5.41, 5.74) is 0.539. The van der Waals surface area contributed by atoms with Crippen molar-refractivity contribution in [3.8, 4) is 17.4 Å². The minimum atomic E-state index is -0.445. The second kappa shape index (κ2) is 9.18. The molecule has 1 saturated heterocycles. The van der Waals surface area contributed by atoms with Crippen LogP contribution in [0.1, 0.15) is 13.3 Å². The molecule has 1 fully saturated rings. The molecular weight excluding hydrogens is 360 g/mol. The lowest BCUT2D eigenvalue weighted by molar-refractivity contribution is -0.132. The molecule has 0 aliphatic carbocycles. The van der Waals surface area contributed by atoms with E-state index in [2.05, 4.69) is 15.6 Å². The molecule has 3 rings (SSSR count). The van der Waals surface area contributed by atoms with Crippen LogP contribution in [0.25, 0.3) is 0 Å². The quantitative estimate of drug-likeness (QED) is 0.759. The van der Waals surface area contributed by atoms with E-state index in [1.165, 1.54) is 6.20 Å². The van der Waals surface area contributed by atoms with Crippen molar-refractivity contribution >= 4 is 17.5 Å². The fourth-order valence-corrected chi connectivity index (χ4v) is 3.08. The van der Waals surface area contributed by atoms with Gasteiger partial charge in [-0.2, -0.15) is 0 Å². The first kappa shape index (κ1) is 19.6. The van der Waals surface area contributed by atoms with Gasteiger partial charge in [0.25, 0.3) is 0 Å². The van der Waals surface area contributed by atoms with Crippen molar-refractivity contribution < 1.29 is 19.1 Å². The summed E-state index contributed by atoms with van der Waals surface area (Å²) in [4.78, 5) is 30.6. The number of amides is 2. The van der Waals surface area contributed by atoms with E-state index in [9.17, 15) is 9.59 Å². The van der Waals surface area contributed by atoms with Gasteiger partial charge in [-0.1, -0.05) is 19.1 Å². The van der Waals surface area contributed by atoms with Crippen molar-refractivity contribution in [1.29, 1.82) is 0 Å². The maximum Gasteiger partial charge on any atom is 0.237 e. The molecule has 28 heavy (non-hydrogen) atoms. The number of carbonyl (C=O) groups is 2. The number of hydrogen-bond donors (Lipinski definition) is 2. The molecule has 2 amide bonds. The molecular formula is C20H24N4O4. The number of benzene rings is 1. The molecule has 0 bridgehead atoms. The Kier molecular flexibility index (Phi) is 6.44. The van der Waals surface area contributed by atoms with Gasteiger partial charge in [-0.05, 0) is 24.7 Å². The first-order valence-electron chi connectivity index (χ1n) is 9.19. The maximum atomic E-state index is 12.4. The summed E-state index contributed by atoms with van der Waals surface area (Å²) >= 11 is 0. The SMILES string of the molecule is CCN1CCNC(=O)C1CC(=O)Nc1ccc(Oc2ccccc2OC)nc1. The maximum absolute atomic E-state index is 12.4. The average Bonchev–Trinajstić information content (AvgIpc) is 2.71. The van der Waals surface area contributed by atoms with E-state index in [4.69, 9.17) is 9.47 Å². The highest BCUT2D eigenvalue weighted by Crippen LogP contribution is 2.30. The Morgan fingerprint density at radius 2 is 2.07 bits per heavy atom. The van der Waals surface area contributed by atoms with Gasteiger partial charge < -0.3 is 20.1 Å². The highest BCUT2D eigenvalue weighted by atomic mass is 16.5. The number of carbonyl (C=O) groups excluding carboxylic acids is 2. The number of nitrogens with zero attached hydrogens (tertiary/aromatic N) is 2. The van der Waals surface area contributed by atoms with Crippen LogP contribution in [-0.2, 0) is 9.59 Å². The molecule has 2 heterocycles. The van der Waals surface area contributed by atoms with Crippen molar-refractivity contribution in [2.75, 3.05) is 32.1 Å². The van der Waals surface area contributed by atoms with Crippen LogP contribution in [0.15, 0.2) is 42.6 Å². The van der Waals surface area contributed by atoms with Gasteiger partial charge in [0, 0.05) is 19.2 Å². The Balaban J connectivity index is 1.59. The summed E-state index contributed by atoms with van der Waals surface area (Å²) in [6.07, 6.45) is 1.61. The van der Waals surface area contributed by atoms with Crippen LogP contribution in [-0.4, -0.2) is 54.5 Å². The zero-order valence-electron chi connectivity index (χ0n) is 16.0. The van der Waals surface area contributed by atoms with Crippen LogP contribution in [0, 0.1) is 0 Å². The molecule has 2 N–H and O–H groups in total. The number of pyridine rings is 1. The number of hydrogen-bond acceptors (Lipinski definition) is 6. The van der Waals surface area contributed by atoms with Gasteiger partial charge in [0.2, 0.25) is 17.7 Å². The van der Waals surface area contributed by atoms with Crippen molar-refractivity contribution in [1.82, 2.24) is 15.2 Å². The Labute approximate surface area is 163 Å². The van der Waals surface area contributed by atoms with Crippen LogP contribution in [0.3, 0.4) is 0 Å². The number of ether oxygens (including phenoxy) is 2. The largest absolute Gasteiger partial charge is 0.493 e. The lowest BCUT2D eigenvalue weighted by atomic mass is 10.1. The molecule has 8 heteroatoms. The molecule has 1 aliphatic rings. The molecule has 1 atom stereocenters. The average molecular weight is 384 g/mol. The molecule has 8 nitrogen and oxygen atoms in total. The Morgan fingerprint density at radius 1 is 1.29 bits per heavy atom. The van der Waals surface area contributed by atoms with Gasteiger partial charge in [0.15, 0.2) is 11.5 Å². The monoisotopic (exact) mass is 384 g/mol.